The number of rotatable bonds is 16. The van der Waals surface area contributed by atoms with Gasteiger partial charge in [-0.2, -0.15) is 0 Å². The molecule has 0 radical (unpaired) electrons. The molecule has 0 bridgehead atoms. The van der Waals surface area contributed by atoms with Gasteiger partial charge in [-0.05, 0) is 60.8 Å². The molecule has 1 aliphatic rings. The maximum atomic E-state index is 10.8. The Morgan fingerprint density at radius 2 is 1.78 bits per heavy atom. The number of aryl methyl sites for hydroxylation is 1. The number of ether oxygens (including phenoxy) is 5. The van der Waals surface area contributed by atoms with Crippen molar-refractivity contribution in [2.75, 3.05) is 40.0 Å². The molecular formula is C33H41NO7. The fraction of sp³-hybridized carbons (Fsp3) is 0.424. The molecule has 2 N–H and O–H groups in total. The lowest BCUT2D eigenvalue weighted by atomic mass is 9.87. The molecule has 1 aliphatic heterocycles. The lowest BCUT2D eigenvalue weighted by molar-refractivity contribution is -0.137. The molecule has 1 saturated heterocycles. The van der Waals surface area contributed by atoms with Crippen molar-refractivity contribution in [1.82, 2.24) is 5.32 Å². The van der Waals surface area contributed by atoms with Crippen molar-refractivity contribution >= 4 is 5.97 Å². The molecule has 8 heteroatoms. The summed E-state index contributed by atoms with van der Waals surface area (Å²) in [5.41, 5.74) is 4.25. The largest absolute Gasteiger partial charge is 0.496 e. The van der Waals surface area contributed by atoms with Crippen LogP contribution in [-0.2, 0) is 27.5 Å². The first kappa shape index (κ1) is 30.4. The van der Waals surface area contributed by atoms with Crippen LogP contribution in [0.4, 0.5) is 0 Å². The molecule has 3 aromatic carbocycles. The fourth-order valence-electron chi connectivity index (χ4n) is 4.89. The minimum Gasteiger partial charge on any atom is -0.496 e. The molecule has 1 heterocycles. The van der Waals surface area contributed by atoms with Crippen molar-refractivity contribution < 1.29 is 33.6 Å². The summed E-state index contributed by atoms with van der Waals surface area (Å²) in [6.45, 7) is 6.00. The maximum absolute atomic E-state index is 10.8. The molecule has 3 aromatic rings. The molecule has 8 nitrogen and oxygen atoms in total. The van der Waals surface area contributed by atoms with Crippen LogP contribution in [-0.4, -0.2) is 57.2 Å². The van der Waals surface area contributed by atoms with E-state index in [1.165, 1.54) is 5.56 Å². The van der Waals surface area contributed by atoms with E-state index >= 15 is 0 Å². The van der Waals surface area contributed by atoms with E-state index in [2.05, 4.69) is 17.4 Å². The highest BCUT2D eigenvalue weighted by molar-refractivity contribution is 5.66. The normalized spacial score (nSPS) is 16.7. The number of methoxy groups -OCH3 is 1. The number of carboxylic acid groups (broad SMARTS) is 1. The smallest absolute Gasteiger partial charge is 0.306 e. The van der Waals surface area contributed by atoms with Crippen molar-refractivity contribution in [2.24, 2.45) is 0 Å². The van der Waals surface area contributed by atoms with Crippen LogP contribution in [0.5, 0.6) is 17.2 Å². The highest BCUT2D eigenvalue weighted by Crippen LogP contribution is 2.30. The molecular weight excluding hydrogens is 522 g/mol. The number of aliphatic carboxylic acids is 1. The average Bonchev–Trinajstić information content (AvgIpc) is 2.99. The number of benzene rings is 3. The number of carboxylic acids is 1. The Balaban J connectivity index is 1.22. The summed E-state index contributed by atoms with van der Waals surface area (Å²) in [6.07, 6.45) is 1.80. The Morgan fingerprint density at radius 3 is 2.59 bits per heavy atom. The molecule has 0 aromatic heterocycles. The van der Waals surface area contributed by atoms with Gasteiger partial charge in [0, 0.05) is 24.4 Å². The number of piperidine rings is 1. The van der Waals surface area contributed by atoms with Crippen LogP contribution in [0.2, 0.25) is 0 Å². The lowest BCUT2D eigenvalue weighted by Crippen LogP contribution is -2.40. The second-order valence-electron chi connectivity index (χ2n) is 10.2. The summed E-state index contributed by atoms with van der Waals surface area (Å²) >= 11 is 0. The summed E-state index contributed by atoms with van der Waals surface area (Å²) in [7, 11) is 1.67. The third kappa shape index (κ3) is 9.49. The van der Waals surface area contributed by atoms with Gasteiger partial charge < -0.3 is 34.1 Å². The van der Waals surface area contributed by atoms with Crippen molar-refractivity contribution in [3.05, 3.63) is 89.0 Å². The standard InChI is InChI=1S/C33H41NO7/c1-24-8-9-25(20-31(24)40-19-15-33(35)36)22-41-32-21-34-16-14-29(32)26-10-12-28(13-11-26)39-18-5-17-38-23-27-6-3-4-7-30(27)37-2/h3-4,6-13,20,29,32,34H,5,14-19,21-23H2,1-2H3,(H,35,36)/t29-,32+/m1/s1. The van der Waals surface area contributed by atoms with Crippen LogP contribution < -0.4 is 19.5 Å². The molecule has 0 spiro atoms. The Kier molecular flexibility index (Phi) is 11.9. The van der Waals surface area contributed by atoms with E-state index in [4.69, 9.17) is 28.8 Å². The molecule has 41 heavy (non-hydrogen) atoms. The average molecular weight is 564 g/mol. The quantitative estimate of drug-likeness (QED) is 0.221. The summed E-state index contributed by atoms with van der Waals surface area (Å²) in [6, 6.07) is 22.2. The van der Waals surface area contributed by atoms with Gasteiger partial charge >= 0.3 is 5.97 Å². The van der Waals surface area contributed by atoms with Crippen molar-refractivity contribution in [3.8, 4) is 17.2 Å². The van der Waals surface area contributed by atoms with E-state index in [-0.39, 0.29) is 25.0 Å². The number of hydrogen-bond donors (Lipinski definition) is 2. The number of hydrogen-bond acceptors (Lipinski definition) is 7. The van der Waals surface area contributed by atoms with E-state index in [1.807, 2.05) is 61.5 Å². The zero-order chi connectivity index (χ0) is 28.9. The van der Waals surface area contributed by atoms with Crippen molar-refractivity contribution in [1.29, 1.82) is 0 Å². The highest BCUT2D eigenvalue weighted by atomic mass is 16.5. The number of nitrogens with one attached hydrogen (secondary N) is 1. The molecule has 220 valence electrons. The summed E-state index contributed by atoms with van der Waals surface area (Å²) in [5, 5.41) is 12.3. The molecule has 4 rings (SSSR count). The third-order valence-corrected chi connectivity index (χ3v) is 7.18. The van der Waals surface area contributed by atoms with Gasteiger partial charge in [-0.15, -0.1) is 0 Å². The Labute approximate surface area is 242 Å². The Bertz CT molecular complexity index is 1230. The van der Waals surface area contributed by atoms with Crippen LogP contribution in [0.25, 0.3) is 0 Å². The van der Waals surface area contributed by atoms with Crippen molar-refractivity contribution in [2.45, 2.75) is 51.4 Å². The third-order valence-electron chi connectivity index (χ3n) is 7.18. The second-order valence-corrected chi connectivity index (χ2v) is 10.2. The molecule has 1 fully saturated rings. The molecule has 0 saturated carbocycles. The second kappa shape index (κ2) is 16.0. The summed E-state index contributed by atoms with van der Waals surface area (Å²) in [4.78, 5) is 10.8. The minimum absolute atomic E-state index is 0.0292. The SMILES string of the molecule is COc1ccccc1COCCCOc1ccc([C@H]2CCNC[C@@H]2OCc2ccc(C)c(OCCC(=O)O)c2)cc1. The van der Waals surface area contributed by atoms with E-state index < -0.39 is 5.97 Å². The van der Waals surface area contributed by atoms with Gasteiger partial charge in [0.1, 0.15) is 17.2 Å². The Hall–Kier alpha value is -3.59. The van der Waals surface area contributed by atoms with E-state index in [0.29, 0.717) is 32.2 Å². The lowest BCUT2D eigenvalue weighted by Gasteiger charge is -2.32. The van der Waals surface area contributed by atoms with Crippen LogP contribution in [0.15, 0.2) is 66.7 Å². The van der Waals surface area contributed by atoms with E-state index in [1.54, 1.807) is 7.11 Å². The molecule has 0 unspecified atom stereocenters. The summed E-state index contributed by atoms with van der Waals surface area (Å²) < 4.78 is 29.2. The predicted octanol–water partition coefficient (Wildman–Crippen LogP) is 5.51. The number of carbonyl (C=O) groups is 1. The van der Waals surface area contributed by atoms with Crippen LogP contribution in [0.1, 0.15) is 47.4 Å². The highest BCUT2D eigenvalue weighted by Gasteiger charge is 2.27. The topological polar surface area (TPSA) is 95.5 Å². The van der Waals surface area contributed by atoms with Crippen LogP contribution >= 0.6 is 0 Å². The van der Waals surface area contributed by atoms with Gasteiger partial charge in [-0.25, -0.2) is 0 Å². The van der Waals surface area contributed by atoms with Crippen LogP contribution in [0, 0.1) is 6.92 Å². The minimum atomic E-state index is -0.872. The van der Waals surface area contributed by atoms with Crippen molar-refractivity contribution in [3.63, 3.8) is 0 Å². The first-order valence-corrected chi connectivity index (χ1v) is 14.2. The van der Waals surface area contributed by atoms with Gasteiger partial charge in [0.15, 0.2) is 0 Å². The van der Waals surface area contributed by atoms with E-state index in [0.717, 1.165) is 54.1 Å². The van der Waals surface area contributed by atoms with Gasteiger partial charge in [0.2, 0.25) is 0 Å². The molecule has 0 aliphatic carbocycles. The molecule has 0 amide bonds. The fourth-order valence-corrected chi connectivity index (χ4v) is 4.89. The molecule has 2 atom stereocenters. The first-order valence-electron chi connectivity index (χ1n) is 14.2. The van der Waals surface area contributed by atoms with Gasteiger partial charge in [0.05, 0.1) is 52.7 Å². The monoisotopic (exact) mass is 563 g/mol. The Morgan fingerprint density at radius 1 is 0.951 bits per heavy atom. The maximum Gasteiger partial charge on any atom is 0.306 e. The van der Waals surface area contributed by atoms with Gasteiger partial charge in [-0.3, -0.25) is 4.79 Å². The zero-order valence-electron chi connectivity index (χ0n) is 24.0. The zero-order valence-corrected chi connectivity index (χ0v) is 24.0. The van der Waals surface area contributed by atoms with Gasteiger partial charge in [0.25, 0.3) is 0 Å². The summed E-state index contributed by atoms with van der Waals surface area (Å²) in [5.74, 6) is 1.80. The van der Waals surface area contributed by atoms with Crippen LogP contribution in [0.3, 0.4) is 0 Å². The van der Waals surface area contributed by atoms with Gasteiger partial charge in [-0.1, -0.05) is 42.5 Å². The number of para-hydroxylation sites is 1. The first-order chi connectivity index (χ1) is 20.0. The predicted molar refractivity (Wildman–Crippen MR) is 157 cm³/mol. The van der Waals surface area contributed by atoms with E-state index in [9.17, 15) is 4.79 Å².